The molecule has 1 aliphatic rings. The van der Waals surface area contributed by atoms with Crippen molar-refractivity contribution in [3.8, 4) is 0 Å². The van der Waals surface area contributed by atoms with Crippen molar-refractivity contribution in [2.24, 2.45) is 0 Å². The summed E-state index contributed by atoms with van der Waals surface area (Å²) in [5.74, 6) is -0.606. The van der Waals surface area contributed by atoms with Gasteiger partial charge in [-0.3, -0.25) is 25.6 Å². The van der Waals surface area contributed by atoms with Crippen LogP contribution in [0.3, 0.4) is 0 Å². The van der Waals surface area contributed by atoms with Gasteiger partial charge in [0.05, 0.1) is 17.8 Å². The number of aromatic nitrogens is 2. The minimum atomic E-state index is -0.889. The highest BCUT2D eigenvalue weighted by Gasteiger charge is 2.25. The minimum Gasteiger partial charge on any atom is -0.481 e. The van der Waals surface area contributed by atoms with E-state index in [4.69, 9.17) is 5.11 Å². The van der Waals surface area contributed by atoms with E-state index in [0.29, 0.717) is 11.7 Å². The van der Waals surface area contributed by atoms with Gasteiger partial charge in [0, 0.05) is 30.9 Å². The number of hydrogen-bond donors (Lipinski definition) is 3. The van der Waals surface area contributed by atoms with Crippen LogP contribution in [0.15, 0.2) is 12.4 Å². The monoisotopic (exact) mass is 222 g/mol. The zero-order valence-corrected chi connectivity index (χ0v) is 8.97. The lowest BCUT2D eigenvalue weighted by atomic mass is 10.0. The van der Waals surface area contributed by atoms with E-state index in [1.807, 2.05) is 0 Å². The third-order valence-corrected chi connectivity index (χ3v) is 2.69. The van der Waals surface area contributed by atoms with Crippen LogP contribution in [0, 0.1) is 0 Å². The summed E-state index contributed by atoms with van der Waals surface area (Å²) >= 11 is 0. The summed E-state index contributed by atoms with van der Waals surface area (Å²) in [6.07, 6.45) is 3.12. The Morgan fingerprint density at radius 1 is 1.56 bits per heavy atom. The Morgan fingerprint density at radius 2 is 2.38 bits per heavy atom. The van der Waals surface area contributed by atoms with Gasteiger partial charge in [-0.15, -0.1) is 0 Å². The number of carboxylic acids is 1. The summed E-state index contributed by atoms with van der Waals surface area (Å²) in [4.78, 5) is 18.8. The summed E-state index contributed by atoms with van der Waals surface area (Å²) in [5.41, 5.74) is 7.54. The average Bonchev–Trinajstić information content (AvgIpc) is 2.65. The molecular formula is C10H14N4O2. The number of nitrogens with one attached hydrogen (secondary N) is 2. The van der Waals surface area contributed by atoms with Gasteiger partial charge in [0.1, 0.15) is 0 Å². The predicted octanol–water partition coefficient (Wildman–Crippen LogP) is -0.316. The fraction of sp³-hybridized carbons (Fsp3) is 0.500. The number of aliphatic carboxylic acids is 1. The molecule has 3 N–H and O–H groups in total. The molecule has 0 aliphatic carbocycles. The number of carboxylic acid groups (broad SMARTS) is 1. The van der Waals surface area contributed by atoms with Gasteiger partial charge in [0.2, 0.25) is 0 Å². The first kappa shape index (κ1) is 11.0. The first-order chi connectivity index (χ1) is 7.66. The van der Waals surface area contributed by atoms with Crippen LogP contribution in [0.25, 0.3) is 0 Å². The largest absolute Gasteiger partial charge is 0.481 e. The molecule has 1 fully saturated rings. The quantitative estimate of drug-likeness (QED) is 0.650. The third kappa shape index (κ3) is 2.34. The second-order valence-electron chi connectivity index (χ2n) is 3.92. The summed E-state index contributed by atoms with van der Waals surface area (Å²) in [5, 5.41) is 8.60. The van der Waals surface area contributed by atoms with Crippen LogP contribution in [0.2, 0.25) is 0 Å². The predicted molar refractivity (Wildman–Crippen MR) is 56.7 cm³/mol. The minimum absolute atomic E-state index is 0.0794. The number of hydrazine groups is 1. The van der Waals surface area contributed by atoms with Gasteiger partial charge in [-0.05, 0) is 6.92 Å². The summed E-state index contributed by atoms with van der Waals surface area (Å²) in [7, 11) is 0. The van der Waals surface area contributed by atoms with Gasteiger partial charge in [-0.1, -0.05) is 0 Å². The highest BCUT2D eigenvalue weighted by Crippen LogP contribution is 2.18. The maximum atomic E-state index is 10.5. The van der Waals surface area contributed by atoms with Crippen LogP contribution in [0.4, 0.5) is 0 Å². The molecule has 1 saturated heterocycles. The molecule has 0 amide bonds. The van der Waals surface area contributed by atoms with E-state index in [2.05, 4.69) is 27.7 Å². The second-order valence-corrected chi connectivity index (χ2v) is 3.92. The molecule has 86 valence electrons. The fourth-order valence-corrected chi connectivity index (χ4v) is 1.77. The zero-order valence-electron chi connectivity index (χ0n) is 8.97. The van der Waals surface area contributed by atoms with E-state index >= 15 is 0 Å². The van der Waals surface area contributed by atoms with E-state index in [-0.39, 0.29) is 12.3 Å². The van der Waals surface area contributed by atoms with E-state index in [9.17, 15) is 4.79 Å². The van der Waals surface area contributed by atoms with Crippen LogP contribution in [-0.4, -0.2) is 33.6 Å². The molecule has 6 heteroatoms. The lowest BCUT2D eigenvalue weighted by Gasteiger charge is -2.12. The Labute approximate surface area is 93.1 Å². The zero-order chi connectivity index (χ0) is 11.5. The molecule has 1 aliphatic heterocycles. The van der Waals surface area contributed by atoms with Crippen molar-refractivity contribution >= 4 is 5.97 Å². The Hall–Kier alpha value is -1.53. The fourth-order valence-electron chi connectivity index (χ4n) is 1.77. The van der Waals surface area contributed by atoms with Crippen LogP contribution >= 0.6 is 0 Å². The maximum absolute atomic E-state index is 10.5. The molecule has 0 bridgehead atoms. The number of carbonyl (C=O) groups is 1. The summed E-state index contributed by atoms with van der Waals surface area (Å²) in [6, 6.07) is 0.305. The van der Waals surface area contributed by atoms with Crippen molar-refractivity contribution < 1.29 is 9.90 Å². The maximum Gasteiger partial charge on any atom is 0.309 e. The highest BCUT2D eigenvalue weighted by atomic mass is 16.4. The molecule has 2 heterocycles. The normalized spacial score (nSPS) is 24.6. The van der Waals surface area contributed by atoms with Crippen LogP contribution in [0.1, 0.15) is 24.2 Å². The molecule has 2 unspecified atom stereocenters. The van der Waals surface area contributed by atoms with Gasteiger partial charge in [-0.25, -0.2) is 0 Å². The molecule has 1 aromatic rings. The van der Waals surface area contributed by atoms with Crippen LogP contribution in [0.5, 0.6) is 0 Å². The number of hydrogen-bond acceptors (Lipinski definition) is 5. The molecule has 0 radical (unpaired) electrons. The van der Waals surface area contributed by atoms with Crippen molar-refractivity contribution in [2.45, 2.75) is 25.3 Å². The molecule has 0 aromatic carbocycles. The summed E-state index contributed by atoms with van der Waals surface area (Å²) < 4.78 is 0. The van der Waals surface area contributed by atoms with Crippen molar-refractivity contribution in [1.82, 2.24) is 20.8 Å². The molecule has 2 rings (SSSR count). The van der Waals surface area contributed by atoms with Crippen LogP contribution in [-0.2, 0) is 11.2 Å². The molecule has 6 nitrogen and oxygen atoms in total. The molecule has 1 aromatic heterocycles. The topological polar surface area (TPSA) is 87.1 Å². The standard InChI is InChI=1S/C10H14N4O2/c1-6-8(4-13-14-6)9-5-11-7(3-12-9)2-10(15)16/h3,5-6,8,13-14H,2,4H2,1H3,(H,15,16). The number of nitrogens with zero attached hydrogens (tertiary/aromatic N) is 2. The SMILES string of the molecule is CC1NNCC1c1cnc(CC(=O)O)cn1. The van der Waals surface area contributed by atoms with Gasteiger partial charge >= 0.3 is 5.97 Å². The molecule has 0 saturated carbocycles. The molecule has 2 atom stereocenters. The van der Waals surface area contributed by atoms with E-state index in [1.165, 1.54) is 6.20 Å². The lowest BCUT2D eigenvalue weighted by Crippen LogP contribution is -2.28. The smallest absolute Gasteiger partial charge is 0.309 e. The first-order valence-electron chi connectivity index (χ1n) is 5.18. The third-order valence-electron chi connectivity index (χ3n) is 2.69. The first-order valence-corrected chi connectivity index (χ1v) is 5.18. The van der Waals surface area contributed by atoms with E-state index in [0.717, 1.165) is 12.2 Å². The molecule has 0 spiro atoms. The molecule has 16 heavy (non-hydrogen) atoms. The Morgan fingerprint density at radius 3 is 2.88 bits per heavy atom. The summed E-state index contributed by atoms with van der Waals surface area (Å²) in [6.45, 7) is 2.88. The Kier molecular flexibility index (Phi) is 3.12. The van der Waals surface area contributed by atoms with Crippen molar-refractivity contribution in [3.63, 3.8) is 0 Å². The average molecular weight is 222 g/mol. The van der Waals surface area contributed by atoms with Gasteiger partial charge in [0.25, 0.3) is 0 Å². The van der Waals surface area contributed by atoms with Gasteiger partial charge < -0.3 is 5.11 Å². The number of rotatable bonds is 3. The highest BCUT2D eigenvalue weighted by molar-refractivity contribution is 5.69. The molecular weight excluding hydrogens is 208 g/mol. The van der Waals surface area contributed by atoms with Crippen molar-refractivity contribution in [1.29, 1.82) is 0 Å². The van der Waals surface area contributed by atoms with E-state index < -0.39 is 5.97 Å². The van der Waals surface area contributed by atoms with E-state index in [1.54, 1.807) is 6.20 Å². The van der Waals surface area contributed by atoms with Crippen molar-refractivity contribution in [2.75, 3.05) is 6.54 Å². The second kappa shape index (κ2) is 4.54. The van der Waals surface area contributed by atoms with Gasteiger partial charge in [-0.2, -0.15) is 0 Å². The van der Waals surface area contributed by atoms with Crippen LogP contribution < -0.4 is 10.9 Å². The Balaban J connectivity index is 2.09. The van der Waals surface area contributed by atoms with Gasteiger partial charge in [0.15, 0.2) is 0 Å². The lowest BCUT2D eigenvalue weighted by molar-refractivity contribution is -0.136. The van der Waals surface area contributed by atoms with Crippen molar-refractivity contribution in [3.05, 3.63) is 23.8 Å². The Bertz CT molecular complexity index is 379.